The van der Waals surface area contributed by atoms with Gasteiger partial charge in [-0.25, -0.2) is 0 Å². The third-order valence-electron chi connectivity index (χ3n) is 1.73. The summed E-state index contributed by atoms with van der Waals surface area (Å²) in [7, 11) is 0. The monoisotopic (exact) mass is 230 g/mol. The molecule has 0 rings (SSSR count). The Balaban J connectivity index is 4.27. The first kappa shape index (κ1) is 14.3. The standard InChI is InChI=1S/C10H14O6/c1-6(11)9(4-5-15-7(2)12)10(14)16-8(3)13/h9H,4-5H2,1-3H3. The normalized spacial score (nSPS) is 11.4. The molecule has 0 spiro atoms. The minimum Gasteiger partial charge on any atom is -0.466 e. The number of carbonyl (C=O) groups is 4. The molecule has 0 bridgehead atoms. The molecule has 0 saturated heterocycles. The van der Waals surface area contributed by atoms with Gasteiger partial charge in [0, 0.05) is 20.3 Å². The number of carbonyl (C=O) groups excluding carboxylic acids is 4. The first-order chi connectivity index (χ1) is 7.34. The summed E-state index contributed by atoms with van der Waals surface area (Å²) in [6.45, 7) is 3.43. The number of rotatable bonds is 5. The molecule has 0 heterocycles. The minimum absolute atomic E-state index is 0.0149. The summed E-state index contributed by atoms with van der Waals surface area (Å²) in [5.41, 5.74) is 0. The van der Waals surface area contributed by atoms with Crippen LogP contribution in [0.1, 0.15) is 27.2 Å². The van der Waals surface area contributed by atoms with Crippen LogP contribution in [0.25, 0.3) is 0 Å². The molecule has 0 amide bonds. The number of ether oxygens (including phenoxy) is 2. The second kappa shape index (κ2) is 6.71. The van der Waals surface area contributed by atoms with E-state index in [2.05, 4.69) is 9.47 Å². The van der Waals surface area contributed by atoms with Crippen LogP contribution in [0, 0.1) is 5.92 Å². The first-order valence-electron chi connectivity index (χ1n) is 4.70. The van der Waals surface area contributed by atoms with Crippen molar-refractivity contribution in [1.82, 2.24) is 0 Å². The fraction of sp³-hybridized carbons (Fsp3) is 0.600. The van der Waals surface area contributed by atoms with Crippen LogP contribution in [0.3, 0.4) is 0 Å². The van der Waals surface area contributed by atoms with Gasteiger partial charge in [-0.05, 0) is 6.92 Å². The molecule has 0 aliphatic heterocycles. The smallest absolute Gasteiger partial charge is 0.324 e. The Morgan fingerprint density at radius 2 is 1.56 bits per heavy atom. The van der Waals surface area contributed by atoms with Crippen LogP contribution in [-0.4, -0.2) is 30.3 Å². The Kier molecular flexibility index (Phi) is 5.99. The van der Waals surface area contributed by atoms with Gasteiger partial charge in [0.05, 0.1) is 6.61 Å². The molecule has 0 aliphatic carbocycles. The topological polar surface area (TPSA) is 86.7 Å². The van der Waals surface area contributed by atoms with E-state index in [-0.39, 0.29) is 13.0 Å². The third-order valence-corrected chi connectivity index (χ3v) is 1.73. The van der Waals surface area contributed by atoms with Crippen LogP contribution in [0.15, 0.2) is 0 Å². The van der Waals surface area contributed by atoms with Crippen molar-refractivity contribution in [3.63, 3.8) is 0 Å². The van der Waals surface area contributed by atoms with Gasteiger partial charge in [0.1, 0.15) is 11.7 Å². The summed E-state index contributed by atoms with van der Waals surface area (Å²) in [5.74, 6) is -3.68. The van der Waals surface area contributed by atoms with E-state index in [1.807, 2.05) is 0 Å². The van der Waals surface area contributed by atoms with E-state index in [4.69, 9.17) is 0 Å². The van der Waals surface area contributed by atoms with Gasteiger partial charge in [-0.3, -0.25) is 19.2 Å². The maximum Gasteiger partial charge on any atom is 0.324 e. The van der Waals surface area contributed by atoms with Crippen molar-refractivity contribution in [3.05, 3.63) is 0 Å². The number of esters is 3. The summed E-state index contributed by atoms with van der Waals surface area (Å²) in [6.07, 6.45) is 0.0149. The van der Waals surface area contributed by atoms with E-state index >= 15 is 0 Å². The summed E-state index contributed by atoms with van der Waals surface area (Å²) < 4.78 is 8.89. The maximum absolute atomic E-state index is 11.3. The molecule has 1 atom stereocenters. The number of ketones is 1. The Labute approximate surface area is 92.9 Å². The van der Waals surface area contributed by atoms with Gasteiger partial charge in [-0.15, -0.1) is 0 Å². The van der Waals surface area contributed by atoms with Gasteiger partial charge in [0.2, 0.25) is 0 Å². The van der Waals surface area contributed by atoms with Crippen molar-refractivity contribution in [3.8, 4) is 0 Å². The highest BCUT2D eigenvalue weighted by molar-refractivity contribution is 6.00. The molecule has 6 heteroatoms. The van der Waals surface area contributed by atoms with E-state index < -0.39 is 29.6 Å². The zero-order chi connectivity index (χ0) is 12.7. The van der Waals surface area contributed by atoms with E-state index in [0.717, 1.165) is 6.92 Å². The quantitative estimate of drug-likeness (QED) is 0.496. The lowest BCUT2D eigenvalue weighted by Gasteiger charge is -2.11. The second-order valence-corrected chi connectivity index (χ2v) is 3.20. The highest BCUT2D eigenvalue weighted by Gasteiger charge is 2.26. The Morgan fingerprint density at radius 1 is 1.00 bits per heavy atom. The predicted octanol–water partition coefficient (Wildman–Crippen LogP) is 0.234. The molecule has 0 radical (unpaired) electrons. The van der Waals surface area contributed by atoms with Crippen LogP contribution < -0.4 is 0 Å². The summed E-state index contributed by atoms with van der Waals surface area (Å²) >= 11 is 0. The number of Topliss-reactive ketones (excluding diaryl/α,β-unsaturated/α-hetero) is 1. The van der Waals surface area contributed by atoms with Crippen LogP contribution in [0.5, 0.6) is 0 Å². The zero-order valence-electron chi connectivity index (χ0n) is 9.44. The van der Waals surface area contributed by atoms with E-state index in [9.17, 15) is 19.2 Å². The van der Waals surface area contributed by atoms with Crippen molar-refractivity contribution in [2.24, 2.45) is 5.92 Å². The Morgan fingerprint density at radius 3 is 1.94 bits per heavy atom. The second-order valence-electron chi connectivity index (χ2n) is 3.20. The highest BCUT2D eigenvalue weighted by Crippen LogP contribution is 2.08. The molecule has 0 N–H and O–H groups in total. The van der Waals surface area contributed by atoms with Crippen LogP contribution in [-0.2, 0) is 28.7 Å². The number of hydrogen-bond acceptors (Lipinski definition) is 6. The fourth-order valence-electron chi connectivity index (χ4n) is 1.02. The Bertz CT molecular complexity index is 306. The largest absolute Gasteiger partial charge is 0.466 e. The molecule has 90 valence electrons. The number of hydrogen-bond donors (Lipinski definition) is 0. The molecule has 0 aromatic carbocycles. The van der Waals surface area contributed by atoms with E-state index in [1.165, 1.54) is 13.8 Å². The average molecular weight is 230 g/mol. The van der Waals surface area contributed by atoms with E-state index in [1.54, 1.807) is 0 Å². The van der Waals surface area contributed by atoms with Crippen LogP contribution >= 0.6 is 0 Å². The molecule has 16 heavy (non-hydrogen) atoms. The predicted molar refractivity (Wildman–Crippen MR) is 52.2 cm³/mol. The highest BCUT2D eigenvalue weighted by atomic mass is 16.6. The molecule has 0 saturated carbocycles. The Hall–Kier alpha value is -1.72. The SMILES string of the molecule is CC(=O)OCCC(C(C)=O)C(=O)OC(C)=O. The minimum atomic E-state index is -1.07. The van der Waals surface area contributed by atoms with Crippen molar-refractivity contribution >= 4 is 23.7 Å². The lowest BCUT2D eigenvalue weighted by molar-refractivity contribution is -0.163. The third kappa shape index (κ3) is 5.90. The summed E-state index contributed by atoms with van der Waals surface area (Å²) in [5, 5.41) is 0. The maximum atomic E-state index is 11.3. The molecule has 0 fully saturated rings. The van der Waals surface area contributed by atoms with Crippen molar-refractivity contribution in [1.29, 1.82) is 0 Å². The molecular weight excluding hydrogens is 216 g/mol. The van der Waals surface area contributed by atoms with Crippen molar-refractivity contribution in [2.45, 2.75) is 27.2 Å². The van der Waals surface area contributed by atoms with Gasteiger partial charge < -0.3 is 9.47 Å². The summed E-state index contributed by atoms with van der Waals surface area (Å²) in [6, 6.07) is 0. The van der Waals surface area contributed by atoms with Gasteiger partial charge in [0.15, 0.2) is 0 Å². The molecule has 1 unspecified atom stereocenters. The van der Waals surface area contributed by atoms with Gasteiger partial charge in [0.25, 0.3) is 0 Å². The van der Waals surface area contributed by atoms with Crippen LogP contribution in [0.4, 0.5) is 0 Å². The molecule has 0 aliphatic rings. The van der Waals surface area contributed by atoms with Gasteiger partial charge in [-0.2, -0.15) is 0 Å². The van der Waals surface area contributed by atoms with Crippen LogP contribution in [0.2, 0.25) is 0 Å². The van der Waals surface area contributed by atoms with Crippen molar-refractivity contribution < 1.29 is 28.7 Å². The average Bonchev–Trinajstić information content (AvgIpc) is 2.09. The van der Waals surface area contributed by atoms with Gasteiger partial charge >= 0.3 is 17.9 Å². The fourth-order valence-corrected chi connectivity index (χ4v) is 1.02. The van der Waals surface area contributed by atoms with Crippen molar-refractivity contribution in [2.75, 3.05) is 6.61 Å². The summed E-state index contributed by atoms with van der Waals surface area (Å²) in [4.78, 5) is 43.3. The zero-order valence-corrected chi connectivity index (χ0v) is 9.44. The lowest BCUT2D eigenvalue weighted by Crippen LogP contribution is -2.27. The first-order valence-corrected chi connectivity index (χ1v) is 4.70. The molecule has 0 aromatic heterocycles. The van der Waals surface area contributed by atoms with E-state index in [0.29, 0.717) is 0 Å². The molecule has 0 aromatic rings. The lowest BCUT2D eigenvalue weighted by atomic mass is 10.0. The molecular formula is C10H14O6. The molecule has 6 nitrogen and oxygen atoms in total. The van der Waals surface area contributed by atoms with Gasteiger partial charge in [-0.1, -0.05) is 0 Å².